The van der Waals surface area contributed by atoms with Crippen molar-refractivity contribution in [2.75, 3.05) is 17.7 Å². The molecule has 3 N–H and O–H groups in total. The Labute approximate surface area is 130 Å². The van der Waals surface area contributed by atoms with E-state index < -0.39 is 5.97 Å². The summed E-state index contributed by atoms with van der Waals surface area (Å²) in [5.41, 5.74) is 9.20. The summed E-state index contributed by atoms with van der Waals surface area (Å²) < 4.78 is 5.08. The van der Waals surface area contributed by atoms with Crippen LogP contribution in [0.4, 0.5) is 11.4 Å². The number of benzene rings is 1. The zero-order valence-corrected chi connectivity index (χ0v) is 13.1. The largest absolute Gasteiger partial charge is 0.462 e. The Kier molecular flexibility index (Phi) is 4.99. The second-order valence-corrected chi connectivity index (χ2v) is 5.19. The Hall–Kier alpha value is -2.56. The SMILES string of the molecule is CCOC(=O)c1cnc(-c2ccccc2)c(N)c1NC(C)C. The van der Waals surface area contributed by atoms with Gasteiger partial charge in [-0.3, -0.25) is 4.98 Å². The van der Waals surface area contributed by atoms with Gasteiger partial charge >= 0.3 is 5.97 Å². The van der Waals surface area contributed by atoms with E-state index in [1.807, 2.05) is 44.2 Å². The Morgan fingerprint density at radius 2 is 2.00 bits per heavy atom. The van der Waals surface area contributed by atoms with Crippen LogP contribution in [0.1, 0.15) is 31.1 Å². The number of aromatic nitrogens is 1. The van der Waals surface area contributed by atoms with Crippen LogP contribution in [-0.4, -0.2) is 23.6 Å². The summed E-state index contributed by atoms with van der Waals surface area (Å²) in [7, 11) is 0. The molecule has 1 aromatic heterocycles. The van der Waals surface area contributed by atoms with Crippen LogP contribution in [0.3, 0.4) is 0 Å². The molecule has 0 unspecified atom stereocenters. The normalized spacial score (nSPS) is 10.5. The average molecular weight is 299 g/mol. The second-order valence-electron chi connectivity index (χ2n) is 5.19. The fraction of sp³-hybridized carbons (Fsp3) is 0.294. The van der Waals surface area contributed by atoms with Crippen molar-refractivity contribution in [3.05, 3.63) is 42.1 Å². The van der Waals surface area contributed by atoms with Gasteiger partial charge in [0.05, 0.1) is 23.7 Å². The molecule has 0 aliphatic heterocycles. The van der Waals surface area contributed by atoms with Crippen LogP contribution in [0.5, 0.6) is 0 Å². The van der Waals surface area contributed by atoms with E-state index in [-0.39, 0.29) is 6.04 Å². The first-order valence-electron chi connectivity index (χ1n) is 7.32. The van der Waals surface area contributed by atoms with Gasteiger partial charge in [0, 0.05) is 17.8 Å². The molecule has 116 valence electrons. The maximum Gasteiger partial charge on any atom is 0.341 e. The zero-order valence-electron chi connectivity index (χ0n) is 13.1. The van der Waals surface area contributed by atoms with E-state index in [1.165, 1.54) is 6.20 Å². The molecular weight excluding hydrogens is 278 g/mol. The number of carbonyl (C=O) groups is 1. The number of rotatable bonds is 5. The Morgan fingerprint density at radius 1 is 1.32 bits per heavy atom. The number of hydrogen-bond donors (Lipinski definition) is 2. The fourth-order valence-corrected chi connectivity index (χ4v) is 2.16. The molecule has 1 heterocycles. The molecule has 0 amide bonds. The summed E-state index contributed by atoms with van der Waals surface area (Å²) in [6, 6.07) is 9.77. The van der Waals surface area contributed by atoms with Crippen molar-refractivity contribution >= 4 is 17.3 Å². The van der Waals surface area contributed by atoms with Gasteiger partial charge in [0.2, 0.25) is 0 Å². The summed E-state index contributed by atoms with van der Waals surface area (Å²) in [4.78, 5) is 16.4. The number of nitrogens with zero attached hydrogens (tertiary/aromatic N) is 1. The van der Waals surface area contributed by atoms with Crippen LogP contribution < -0.4 is 11.1 Å². The first-order chi connectivity index (χ1) is 10.5. The van der Waals surface area contributed by atoms with Gasteiger partial charge in [0.25, 0.3) is 0 Å². The average Bonchev–Trinajstić information content (AvgIpc) is 2.50. The number of pyridine rings is 1. The number of hydrogen-bond acceptors (Lipinski definition) is 5. The third-order valence-electron chi connectivity index (χ3n) is 3.09. The first kappa shape index (κ1) is 15.8. The van der Waals surface area contributed by atoms with Gasteiger partial charge in [-0.25, -0.2) is 4.79 Å². The molecular formula is C17H21N3O2. The maximum atomic E-state index is 12.1. The molecule has 2 rings (SSSR count). The first-order valence-corrected chi connectivity index (χ1v) is 7.32. The molecule has 0 radical (unpaired) electrons. The molecule has 0 fully saturated rings. The van der Waals surface area contributed by atoms with Crippen LogP contribution >= 0.6 is 0 Å². The monoisotopic (exact) mass is 299 g/mol. The van der Waals surface area contributed by atoms with Gasteiger partial charge in [-0.15, -0.1) is 0 Å². The third kappa shape index (κ3) is 3.36. The summed E-state index contributed by atoms with van der Waals surface area (Å²) in [6.07, 6.45) is 1.52. The van der Waals surface area contributed by atoms with Crippen LogP contribution in [-0.2, 0) is 4.74 Å². The van der Waals surface area contributed by atoms with Crippen molar-refractivity contribution in [3.8, 4) is 11.3 Å². The quantitative estimate of drug-likeness (QED) is 0.828. The highest BCUT2D eigenvalue weighted by atomic mass is 16.5. The third-order valence-corrected chi connectivity index (χ3v) is 3.09. The highest BCUT2D eigenvalue weighted by Gasteiger charge is 2.20. The van der Waals surface area contributed by atoms with Gasteiger partial charge in [0.15, 0.2) is 0 Å². The zero-order chi connectivity index (χ0) is 16.1. The molecule has 5 nitrogen and oxygen atoms in total. The minimum Gasteiger partial charge on any atom is -0.462 e. The van der Waals surface area contributed by atoms with E-state index in [9.17, 15) is 4.79 Å². The standard InChI is InChI=1S/C17H21N3O2/c1-4-22-17(21)13-10-19-15(12-8-6-5-7-9-12)14(18)16(13)20-11(2)3/h5-11H,4,18H2,1-3H3,(H,19,20). The lowest BCUT2D eigenvalue weighted by molar-refractivity contribution is 0.0527. The lowest BCUT2D eigenvalue weighted by atomic mass is 10.1. The Morgan fingerprint density at radius 3 is 2.59 bits per heavy atom. The molecule has 0 aliphatic carbocycles. The summed E-state index contributed by atoms with van der Waals surface area (Å²) in [6.45, 7) is 6.04. The Bertz CT molecular complexity index is 654. The molecule has 0 spiro atoms. The molecule has 0 bridgehead atoms. The highest BCUT2D eigenvalue weighted by Crippen LogP contribution is 2.33. The topological polar surface area (TPSA) is 77.2 Å². The number of anilines is 2. The van der Waals surface area contributed by atoms with E-state index in [0.717, 1.165) is 5.56 Å². The number of esters is 1. The second kappa shape index (κ2) is 6.93. The van der Waals surface area contributed by atoms with Gasteiger partial charge < -0.3 is 15.8 Å². The summed E-state index contributed by atoms with van der Waals surface area (Å²) >= 11 is 0. The van der Waals surface area contributed by atoms with Crippen LogP contribution in [0.25, 0.3) is 11.3 Å². The van der Waals surface area contributed by atoms with Gasteiger partial charge in [-0.1, -0.05) is 30.3 Å². The van der Waals surface area contributed by atoms with Crippen molar-refractivity contribution in [2.24, 2.45) is 0 Å². The number of nitrogen functional groups attached to an aromatic ring is 1. The molecule has 0 saturated heterocycles. The van der Waals surface area contributed by atoms with Crippen LogP contribution in [0.15, 0.2) is 36.5 Å². The molecule has 5 heteroatoms. The number of carbonyl (C=O) groups excluding carboxylic acids is 1. The lowest BCUT2D eigenvalue weighted by Gasteiger charge is -2.18. The molecule has 1 aromatic carbocycles. The van der Waals surface area contributed by atoms with E-state index in [2.05, 4.69) is 10.3 Å². The molecule has 22 heavy (non-hydrogen) atoms. The van der Waals surface area contributed by atoms with E-state index in [1.54, 1.807) is 6.92 Å². The number of nitrogens with two attached hydrogens (primary N) is 1. The van der Waals surface area contributed by atoms with E-state index in [4.69, 9.17) is 10.5 Å². The minimum atomic E-state index is -0.426. The summed E-state index contributed by atoms with van der Waals surface area (Å²) in [5, 5.41) is 3.23. The van der Waals surface area contributed by atoms with Crippen molar-refractivity contribution in [1.29, 1.82) is 0 Å². The van der Waals surface area contributed by atoms with Gasteiger partial charge in [-0.05, 0) is 20.8 Å². The predicted octanol–water partition coefficient (Wildman–Crippen LogP) is 3.33. The predicted molar refractivity (Wildman–Crippen MR) is 88.8 cm³/mol. The maximum absolute atomic E-state index is 12.1. The van der Waals surface area contributed by atoms with Crippen molar-refractivity contribution in [1.82, 2.24) is 4.98 Å². The van der Waals surface area contributed by atoms with Crippen molar-refractivity contribution < 1.29 is 9.53 Å². The van der Waals surface area contributed by atoms with Crippen LogP contribution in [0.2, 0.25) is 0 Å². The Balaban J connectivity index is 2.54. The van der Waals surface area contributed by atoms with E-state index >= 15 is 0 Å². The molecule has 0 saturated carbocycles. The fourth-order valence-electron chi connectivity index (χ4n) is 2.16. The van der Waals surface area contributed by atoms with E-state index in [0.29, 0.717) is 29.2 Å². The number of ether oxygens (including phenoxy) is 1. The molecule has 0 atom stereocenters. The lowest BCUT2D eigenvalue weighted by Crippen LogP contribution is -2.17. The molecule has 0 aliphatic rings. The van der Waals surface area contributed by atoms with Crippen molar-refractivity contribution in [2.45, 2.75) is 26.8 Å². The van der Waals surface area contributed by atoms with Gasteiger partial charge in [0.1, 0.15) is 5.56 Å². The number of nitrogens with one attached hydrogen (secondary N) is 1. The smallest absolute Gasteiger partial charge is 0.341 e. The minimum absolute atomic E-state index is 0.126. The van der Waals surface area contributed by atoms with Crippen molar-refractivity contribution in [3.63, 3.8) is 0 Å². The highest BCUT2D eigenvalue weighted by molar-refractivity contribution is 6.01. The van der Waals surface area contributed by atoms with Gasteiger partial charge in [-0.2, -0.15) is 0 Å². The summed E-state index contributed by atoms with van der Waals surface area (Å²) in [5.74, 6) is -0.426. The van der Waals surface area contributed by atoms with Crippen LogP contribution in [0, 0.1) is 0 Å². The molecule has 2 aromatic rings.